The van der Waals surface area contributed by atoms with Gasteiger partial charge in [-0.3, -0.25) is 10.2 Å². The minimum Gasteiger partial charge on any atom is -0.481 e. The summed E-state index contributed by atoms with van der Waals surface area (Å²) in [5.41, 5.74) is 0.475. The number of carbonyl (C=O) groups excluding carboxylic acids is 1. The van der Waals surface area contributed by atoms with Crippen LogP contribution < -0.4 is 14.8 Å². The zero-order valence-electron chi connectivity index (χ0n) is 16.7. The molecule has 0 unspecified atom stereocenters. The fraction of sp³-hybridized carbons (Fsp3) is 0.353. The molecule has 31 heavy (non-hydrogen) atoms. The molecular weight excluding hydrogens is 450 g/mol. The van der Waals surface area contributed by atoms with Crippen molar-refractivity contribution in [2.75, 3.05) is 25.6 Å². The van der Waals surface area contributed by atoms with E-state index in [9.17, 15) is 21.6 Å². The number of nitrogens with zero attached hydrogens (tertiary/aromatic N) is 3. The van der Waals surface area contributed by atoms with Crippen molar-refractivity contribution in [3.63, 3.8) is 0 Å². The predicted molar refractivity (Wildman–Crippen MR) is 108 cm³/mol. The van der Waals surface area contributed by atoms with Crippen molar-refractivity contribution in [1.29, 1.82) is 0 Å². The molecule has 1 aliphatic rings. The van der Waals surface area contributed by atoms with Gasteiger partial charge in [0.25, 0.3) is 20.0 Å². The summed E-state index contributed by atoms with van der Waals surface area (Å²) in [4.78, 5) is 24.2. The molecule has 1 fully saturated rings. The molecule has 0 spiro atoms. The van der Waals surface area contributed by atoms with E-state index in [-0.39, 0.29) is 25.0 Å². The Morgan fingerprint density at radius 1 is 1.13 bits per heavy atom. The first-order valence-electron chi connectivity index (χ1n) is 9.11. The van der Waals surface area contributed by atoms with E-state index in [1.807, 2.05) is 0 Å². The molecule has 2 amide bonds. The summed E-state index contributed by atoms with van der Waals surface area (Å²) in [6.45, 7) is 1.93. The van der Waals surface area contributed by atoms with Gasteiger partial charge in [-0.05, 0) is 31.9 Å². The van der Waals surface area contributed by atoms with E-state index in [4.69, 9.17) is 9.57 Å². The number of methoxy groups -OCH3 is 1. The molecule has 0 bridgehead atoms. The normalized spacial score (nSPS) is 15.3. The molecular formula is C17H21N5O7S2. The third-order valence-corrected chi connectivity index (χ3v) is 7.40. The van der Waals surface area contributed by atoms with E-state index >= 15 is 0 Å². The van der Waals surface area contributed by atoms with Crippen LogP contribution in [0.2, 0.25) is 0 Å². The Morgan fingerprint density at radius 3 is 2.48 bits per heavy atom. The number of aromatic nitrogens is 2. The number of rotatable bonds is 6. The summed E-state index contributed by atoms with van der Waals surface area (Å²) in [7, 11) is -7.46. The zero-order valence-corrected chi connectivity index (χ0v) is 18.4. The third kappa shape index (κ3) is 5.28. The second kappa shape index (κ2) is 9.13. The number of hydrogen-bond donors (Lipinski definition) is 2. The second-order valence-electron chi connectivity index (χ2n) is 6.45. The van der Waals surface area contributed by atoms with E-state index in [0.29, 0.717) is 18.5 Å². The van der Waals surface area contributed by atoms with Crippen LogP contribution >= 0.6 is 0 Å². The summed E-state index contributed by atoms with van der Waals surface area (Å²) in [6.07, 6.45) is 1.27. The number of benzene rings is 1. The van der Waals surface area contributed by atoms with Crippen molar-refractivity contribution < 1.29 is 31.2 Å². The van der Waals surface area contributed by atoms with Gasteiger partial charge in [-0.25, -0.2) is 31.3 Å². The molecule has 0 aliphatic carbocycles. The van der Waals surface area contributed by atoms with Crippen LogP contribution in [0.3, 0.4) is 0 Å². The fourth-order valence-electron chi connectivity index (χ4n) is 2.76. The molecule has 168 valence electrons. The standard InChI is InChI=1S/C17H21N5O7S2/c1-12-11-15(28-2)19-16(18-12)20-17(23)21-30(24,25)13-7-3-4-8-14(13)31(26,27)22-9-5-6-10-29-22/h3-4,7-8,11H,5-6,9-10H2,1-2H3,(H2,18,19,20,21,23). The molecule has 2 N–H and O–H groups in total. The van der Waals surface area contributed by atoms with Crippen molar-refractivity contribution in [1.82, 2.24) is 19.2 Å². The van der Waals surface area contributed by atoms with Crippen molar-refractivity contribution >= 4 is 32.0 Å². The molecule has 2 heterocycles. The SMILES string of the molecule is COc1cc(C)nc(NC(=O)NS(=O)(=O)c2ccccc2S(=O)(=O)N2CCCCO2)n1. The van der Waals surface area contributed by atoms with Crippen LogP contribution in [-0.4, -0.2) is 57.6 Å². The lowest BCUT2D eigenvalue weighted by Crippen LogP contribution is -2.38. The Labute approximate surface area is 179 Å². The van der Waals surface area contributed by atoms with Crippen LogP contribution in [0.1, 0.15) is 18.5 Å². The van der Waals surface area contributed by atoms with Gasteiger partial charge in [-0.2, -0.15) is 4.98 Å². The average molecular weight is 472 g/mol. The summed E-state index contributed by atoms with van der Waals surface area (Å²) in [5.74, 6) is -0.0178. The highest BCUT2D eigenvalue weighted by molar-refractivity contribution is 7.92. The Morgan fingerprint density at radius 2 is 1.84 bits per heavy atom. The van der Waals surface area contributed by atoms with E-state index in [0.717, 1.165) is 16.6 Å². The first-order chi connectivity index (χ1) is 14.6. The highest BCUT2D eigenvalue weighted by atomic mass is 32.2. The monoisotopic (exact) mass is 471 g/mol. The van der Waals surface area contributed by atoms with Crippen molar-refractivity contribution in [2.24, 2.45) is 0 Å². The Balaban J connectivity index is 1.86. The van der Waals surface area contributed by atoms with Gasteiger partial charge >= 0.3 is 6.03 Å². The van der Waals surface area contributed by atoms with E-state index in [1.165, 1.54) is 25.3 Å². The highest BCUT2D eigenvalue weighted by Crippen LogP contribution is 2.26. The average Bonchev–Trinajstić information content (AvgIpc) is 2.73. The van der Waals surface area contributed by atoms with E-state index in [2.05, 4.69) is 15.3 Å². The van der Waals surface area contributed by atoms with Gasteiger partial charge in [0, 0.05) is 18.3 Å². The van der Waals surface area contributed by atoms with Crippen LogP contribution in [0, 0.1) is 6.92 Å². The molecule has 2 aromatic rings. The first-order valence-corrected chi connectivity index (χ1v) is 12.0. The number of amides is 2. The van der Waals surface area contributed by atoms with Gasteiger partial charge in [0.05, 0.1) is 13.7 Å². The Hall–Kier alpha value is -2.81. The van der Waals surface area contributed by atoms with Gasteiger partial charge in [-0.15, -0.1) is 0 Å². The molecule has 0 radical (unpaired) electrons. The fourth-order valence-corrected chi connectivity index (χ4v) is 5.78. The number of carbonyl (C=O) groups is 1. The van der Waals surface area contributed by atoms with Gasteiger partial charge in [0.1, 0.15) is 9.79 Å². The number of hydrogen-bond acceptors (Lipinski definition) is 9. The molecule has 1 saturated heterocycles. The molecule has 12 nitrogen and oxygen atoms in total. The number of urea groups is 1. The van der Waals surface area contributed by atoms with Crippen molar-refractivity contribution in [3.8, 4) is 5.88 Å². The summed E-state index contributed by atoms with van der Waals surface area (Å²) in [5, 5.41) is 2.19. The predicted octanol–water partition coefficient (Wildman–Crippen LogP) is 1.02. The Bertz CT molecular complexity index is 1180. The summed E-state index contributed by atoms with van der Waals surface area (Å²) in [6, 6.07) is 5.28. The number of nitrogens with one attached hydrogen (secondary N) is 2. The molecule has 1 aromatic carbocycles. The molecule has 0 saturated carbocycles. The summed E-state index contributed by atoms with van der Waals surface area (Å²) < 4.78 is 59.0. The van der Waals surface area contributed by atoms with Gasteiger partial charge in [0.2, 0.25) is 11.8 Å². The number of anilines is 1. The zero-order chi connectivity index (χ0) is 22.6. The maximum atomic E-state index is 12.9. The maximum absolute atomic E-state index is 12.9. The lowest BCUT2D eigenvalue weighted by Gasteiger charge is -2.26. The highest BCUT2D eigenvalue weighted by Gasteiger charge is 2.33. The topological polar surface area (TPSA) is 157 Å². The van der Waals surface area contributed by atoms with Crippen LogP contribution in [0.15, 0.2) is 40.1 Å². The second-order valence-corrected chi connectivity index (χ2v) is 9.90. The molecule has 14 heteroatoms. The molecule has 0 atom stereocenters. The molecule has 1 aromatic heterocycles. The van der Waals surface area contributed by atoms with Crippen LogP contribution in [0.4, 0.5) is 10.7 Å². The largest absolute Gasteiger partial charge is 0.481 e. The molecule has 1 aliphatic heterocycles. The van der Waals surface area contributed by atoms with Gasteiger partial charge in [0.15, 0.2) is 0 Å². The summed E-state index contributed by atoms with van der Waals surface area (Å²) >= 11 is 0. The van der Waals surface area contributed by atoms with E-state index < -0.39 is 35.9 Å². The van der Waals surface area contributed by atoms with Crippen LogP contribution in [0.5, 0.6) is 5.88 Å². The van der Waals surface area contributed by atoms with Crippen LogP contribution in [-0.2, 0) is 24.9 Å². The number of hydroxylamine groups is 1. The lowest BCUT2D eigenvalue weighted by molar-refractivity contribution is -0.109. The Kier molecular flexibility index (Phi) is 6.74. The van der Waals surface area contributed by atoms with Crippen molar-refractivity contribution in [2.45, 2.75) is 29.6 Å². The van der Waals surface area contributed by atoms with Gasteiger partial charge in [-0.1, -0.05) is 16.6 Å². The third-order valence-electron chi connectivity index (χ3n) is 4.15. The smallest absolute Gasteiger partial charge is 0.335 e. The number of sulfonamides is 2. The maximum Gasteiger partial charge on any atom is 0.335 e. The quantitative estimate of drug-likeness (QED) is 0.627. The minimum atomic E-state index is -4.57. The van der Waals surface area contributed by atoms with Crippen LogP contribution in [0.25, 0.3) is 0 Å². The van der Waals surface area contributed by atoms with Gasteiger partial charge < -0.3 is 4.74 Å². The minimum absolute atomic E-state index is 0.0944. The number of aryl methyl sites for hydroxylation is 1. The lowest BCUT2D eigenvalue weighted by atomic mass is 10.3. The van der Waals surface area contributed by atoms with Crippen molar-refractivity contribution in [3.05, 3.63) is 36.0 Å². The number of ether oxygens (including phenoxy) is 1. The first kappa shape index (κ1) is 22.9. The molecule has 3 rings (SSSR count). The van der Waals surface area contributed by atoms with E-state index in [1.54, 1.807) is 11.6 Å².